The fraction of sp³-hybridized carbons (Fsp3) is 0.533. The molecule has 1 aliphatic rings. The molecule has 0 aromatic heterocycles. The van der Waals surface area contributed by atoms with Crippen molar-refractivity contribution in [2.75, 3.05) is 27.2 Å². The van der Waals surface area contributed by atoms with Crippen LogP contribution >= 0.6 is 0 Å². The van der Waals surface area contributed by atoms with Crippen LogP contribution in [0, 0.1) is 5.92 Å². The Morgan fingerprint density at radius 1 is 1.42 bits per heavy atom. The SMILES string of the molecule is CNC(c1cccc(C(=O)O)c1)C1CCN(C)CC1. The van der Waals surface area contributed by atoms with Crippen LogP contribution in [0.5, 0.6) is 0 Å². The Hall–Kier alpha value is -1.39. The third-order valence-corrected chi connectivity index (χ3v) is 4.04. The van der Waals surface area contributed by atoms with E-state index in [0.29, 0.717) is 11.5 Å². The molecular formula is C15H22N2O2. The Labute approximate surface area is 114 Å². The molecule has 1 saturated heterocycles. The zero-order valence-corrected chi connectivity index (χ0v) is 11.6. The number of carboxylic acid groups (broad SMARTS) is 1. The molecular weight excluding hydrogens is 240 g/mol. The van der Waals surface area contributed by atoms with Crippen LogP contribution in [0.1, 0.15) is 34.8 Å². The number of rotatable bonds is 4. The van der Waals surface area contributed by atoms with Crippen molar-refractivity contribution in [1.29, 1.82) is 0 Å². The summed E-state index contributed by atoms with van der Waals surface area (Å²) in [6, 6.07) is 7.53. The van der Waals surface area contributed by atoms with Crippen molar-refractivity contribution >= 4 is 5.97 Å². The largest absolute Gasteiger partial charge is 0.478 e. The number of piperidine rings is 1. The van der Waals surface area contributed by atoms with Gasteiger partial charge in [0, 0.05) is 6.04 Å². The van der Waals surface area contributed by atoms with Crippen molar-refractivity contribution in [2.24, 2.45) is 5.92 Å². The average Bonchev–Trinajstić information content (AvgIpc) is 2.42. The Morgan fingerprint density at radius 3 is 2.68 bits per heavy atom. The van der Waals surface area contributed by atoms with Gasteiger partial charge in [0.05, 0.1) is 5.56 Å². The summed E-state index contributed by atoms with van der Waals surface area (Å²) < 4.78 is 0. The smallest absolute Gasteiger partial charge is 0.335 e. The quantitative estimate of drug-likeness (QED) is 0.871. The van der Waals surface area contributed by atoms with Gasteiger partial charge in [0.25, 0.3) is 0 Å². The molecule has 2 rings (SSSR count). The van der Waals surface area contributed by atoms with Crippen LogP contribution in [0.3, 0.4) is 0 Å². The number of aromatic carboxylic acids is 1. The second kappa shape index (κ2) is 6.17. The van der Waals surface area contributed by atoms with E-state index in [9.17, 15) is 4.79 Å². The summed E-state index contributed by atoms with van der Waals surface area (Å²) in [5.41, 5.74) is 1.45. The van der Waals surface area contributed by atoms with Crippen molar-refractivity contribution in [2.45, 2.75) is 18.9 Å². The van der Waals surface area contributed by atoms with Crippen LogP contribution in [0.25, 0.3) is 0 Å². The van der Waals surface area contributed by atoms with Crippen molar-refractivity contribution in [3.63, 3.8) is 0 Å². The summed E-state index contributed by atoms with van der Waals surface area (Å²) in [7, 11) is 4.10. The first-order chi connectivity index (χ1) is 9.11. The molecule has 0 radical (unpaired) electrons. The standard InChI is InChI=1S/C15H22N2O2/c1-16-14(11-6-8-17(2)9-7-11)12-4-3-5-13(10-12)15(18)19/h3-5,10-11,14,16H,6-9H2,1-2H3,(H,18,19). The van der Waals surface area contributed by atoms with Gasteiger partial charge >= 0.3 is 5.97 Å². The van der Waals surface area contributed by atoms with E-state index in [1.807, 2.05) is 19.2 Å². The monoisotopic (exact) mass is 262 g/mol. The molecule has 1 unspecified atom stereocenters. The zero-order chi connectivity index (χ0) is 13.8. The first-order valence-corrected chi connectivity index (χ1v) is 6.81. The van der Waals surface area contributed by atoms with E-state index in [1.165, 1.54) is 0 Å². The minimum absolute atomic E-state index is 0.244. The molecule has 4 heteroatoms. The second-order valence-electron chi connectivity index (χ2n) is 5.34. The minimum Gasteiger partial charge on any atom is -0.478 e. The highest BCUT2D eigenvalue weighted by Crippen LogP contribution is 2.30. The number of carbonyl (C=O) groups is 1. The molecule has 1 aromatic carbocycles. The maximum atomic E-state index is 11.1. The van der Waals surface area contributed by atoms with Gasteiger partial charge in [0.15, 0.2) is 0 Å². The fourth-order valence-electron chi connectivity index (χ4n) is 2.90. The zero-order valence-electron chi connectivity index (χ0n) is 11.6. The molecule has 2 N–H and O–H groups in total. The molecule has 1 fully saturated rings. The van der Waals surface area contributed by atoms with Gasteiger partial charge < -0.3 is 15.3 Å². The average molecular weight is 262 g/mol. The predicted molar refractivity (Wildman–Crippen MR) is 75.4 cm³/mol. The van der Waals surface area contributed by atoms with Gasteiger partial charge in [-0.2, -0.15) is 0 Å². The lowest BCUT2D eigenvalue weighted by Crippen LogP contribution is -2.36. The first kappa shape index (κ1) is 14.0. The van der Waals surface area contributed by atoms with E-state index >= 15 is 0 Å². The van der Waals surface area contributed by atoms with E-state index in [-0.39, 0.29) is 6.04 Å². The van der Waals surface area contributed by atoms with Crippen LogP contribution in [0.2, 0.25) is 0 Å². The predicted octanol–water partition coefficient (Wildman–Crippen LogP) is 1.99. The fourth-order valence-corrected chi connectivity index (χ4v) is 2.90. The number of nitrogens with one attached hydrogen (secondary N) is 1. The molecule has 0 bridgehead atoms. The number of hydrogen-bond acceptors (Lipinski definition) is 3. The van der Waals surface area contributed by atoms with Crippen LogP contribution in [-0.2, 0) is 0 Å². The molecule has 19 heavy (non-hydrogen) atoms. The molecule has 1 heterocycles. The van der Waals surface area contributed by atoms with Crippen molar-refractivity contribution in [1.82, 2.24) is 10.2 Å². The van der Waals surface area contributed by atoms with Crippen LogP contribution in [-0.4, -0.2) is 43.2 Å². The van der Waals surface area contributed by atoms with E-state index in [2.05, 4.69) is 17.3 Å². The minimum atomic E-state index is -0.861. The highest BCUT2D eigenvalue weighted by Gasteiger charge is 2.25. The van der Waals surface area contributed by atoms with Gasteiger partial charge in [-0.15, -0.1) is 0 Å². The first-order valence-electron chi connectivity index (χ1n) is 6.81. The number of hydrogen-bond donors (Lipinski definition) is 2. The second-order valence-corrected chi connectivity index (χ2v) is 5.34. The van der Waals surface area contributed by atoms with Gasteiger partial charge in [-0.05, 0) is 63.6 Å². The highest BCUT2D eigenvalue weighted by molar-refractivity contribution is 5.87. The molecule has 0 aliphatic carbocycles. The molecule has 0 amide bonds. The lowest BCUT2D eigenvalue weighted by Gasteiger charge is -2.34. The number of benzene rings is 1. The summed E-state index contributed by atoms with van der Waals surface area (Å²) in [5.74, 6) is -0.287. The molecule has 4 nitrogen and oxygen atoms in total. The summed E-state index contributed by atoms with van der Waals surface area (Å²) in [6.45, 7) is 2.23. The maximum Gasteiger partial charge on any atom is 0.335 e. The van der Waals surface area contributed by atoms with Gasteiger partial charge in [0.1, 0.15) is 0 Å². The summed E-state index contributed by atoms with van der Waals surface area (Å²) in [4.78, 5) is 13.4. The molecule has 1 aliphatic heterocycles. The Kier molecular flexibility index (Phi) is 4.56. The van der Waals surface area contributed by atoms with Gasteiger partial charge in [-0.25, -0.2) is 4.79 Å². The molecule has 104 valence electrons. The molecule has 0 spiro atoms. The van der Waals surface area contributed by atoms with Crippen LogP contribution < -0.4 is 5.32 Å². The Morgan fingerprint density at radius 2 is 2.11 bits per heavy atom. The third kappa shape index (κ3) is 3.33. The number of nitrogens with zero attached hydrogens (tertiary/aromatic N) is 1. The third-order valence-electron chi connectivity index (χ3n) is 4.04. The Balaban J connectivity index is 2.17. The number of likely N-dealkylation sites (tertiary alicyclic amines) is 1. The van der Waals surface area contributed by atoms with E-state index in [0.717, 1.165) is 31.5 Å². The summed E-state index contributed by atoms with van der Waals surface area (Å²) in [5, 5.41) is 12.4. The summed E-state index contributed by atoms with van der Waals surface area (Å²) in [6.07, 6.45) is 2.30. The van der Waals surface area contributed by atoms with Crippen LogP contribution in [0.4, 0.5) is 0 Å². The lowest BCUT2D eigenvalue weighted by atomic mass is 9.85. The van der Waals surface area contributed by atoms with E-state index < -0.39 is 5.97 Å². The van der Waals surface area contributed by atoms with E-state index in [1.54, 1.807) is 12.1 Å². The molecule has 1 atom stereocenters. The summed E-state index contributed by atoms with van der Waals surface area (Å²) >= 11 is 0. The molecule has 0 saturated carbocycles. The normalized spacial score (nSPS) is 19.3. The maximum absolute atomic E-state index is 11.1. The van der Waals surface area contributed by atoms with E-state index in [4.69, 9.17) is 5.11 Å². The lowest BCUT2D eigenvalue weighted by molar-refractivity contribution is 0.0696. The van der Waals surface area contributed by atoms with Gasteiger partial charge in [-0.1, -0.05) is 12.1 Å². The van der Waals surface area contributed by atoms with Crippen molar-refractivity contribution in [3.05, 3.63) is 35.4 Å². The molecule has 1 aromatic rings. The highest BCUT2D eigenvalue weighted by atomic mass is 16.4. The van der Waals surface area contributed by atoms with Crippen molar-refractivity contribution < 1.29 is 9.90 Å². The van der Waals surface area contributed by atoms with Gasteiger partial charge in [0.2, 0.25) is 0 Å². The number of carboxylic acids is 1. The van der Waals surface area contributed by atoms with Crippen molar-refractivity contribution in [3.8, 4) is 0 Å². The van der Waals surface area contributed by atoms with Crippen LogP contribution in [0.15, 0.2) is 24.3 Å². The Bertz CT molecular complexity index is 440. The van der Waals surface area contributed by atoms with Gasteiger partial charge in [-0.3, -0.25) is 0 Å². The topological polar surface area (TPSA) is 52.6 Å².